The van der Waals surface area contributed by atoms with Crippen molar-refractivity contribution in [2.75, 3.05) is 16.8 Å². The van der Waals surface area contributed by atoms with Crippen molar-refractivity contribution in [1.82, 2.24) is 4.98 Å². The largest absolute Gasteiger partial charge is 0.366 e. The lowest BCUT2D eigenvalue weighted by Crippen LogP contribution is -2.21. The van der Waals surface area contributed by atoms with Gasteiger partial charge in [-0.1, -0.05) is 0 Å². The number of hydrogen-bond donors (Lipinski definition) is 2. The Labute approximate surface area is 139 Å². The molecule has 6 nitrogen and oxygen atoms in total. The van der Waals surface area contributed by atoms with Gasteiger partial charge in [-0.2, -0.15) is 0 Å². The highest BCUT2D eigenvalue weighted by Gasteiger charge is 2.27. The Kier molecular flexibility index (Phi) is 3.26. The zero-order chi connectivity index (χ0) is 16.8. The smallest absolute Gasteiger partial charge is 0.249 e. The summed E-state index contributed by atoms with van der Waals surface area (Å²) in [5.41, 5.74) is 11.1. The van der Waals surface area contributed by atoms with Gasteiger partial charge in [-0.15, -0.1) is 0 Å². The number of nitrogens with one attached hydrogen (secondary N) is 1. The van der Waals surface area contributed by atoms with Gasteiger partial charge in [0, 0.05) is 41.7 Å². The van der Waals surface area contributed by atoms with Crippen LogP contribution in [0.1, 0.15) is 33.5 Å². The molecule has 0 bridgehead atoms. The fourth-order valence-corrected chi connectivity index (χ4v) is 3.59. The molecule has 2 aromatic rings. The number of fused-ring (bicyclic) bond motifs is 2. The zero-order valence-electron chi connectivity index (χ0n) is 13.4. The standard InChI is InChI=1S/C18H18N4O2/c1-10-8-12(9-11-2-3-15(23)21-16(10)11)22-7-5-14-13(17(19)24)4-6-20-18(14)22/h4,6,8-9H,2-3,5,7H2,1H3,(H2,19,24)(H,21,23). The van der Waals surface area contributed by atoms with Gasteiger partial charge in [-0.3, -0.25) is 9.59 Å². The summed E-state index contributed by atoms with van der Waals surface area (Å²) in [6, 6.07) is 5.84. The van der Waals surface area contributed by atoms with Crippen molar-refractivity contribution in [1.29, 1.82) is 0 Å². The molecule has 2 amide bonds. The summed E-state index contributed by atoms with van der Waals surface area (Å²) in [4.78, 5) is 29.8. The Morgan fingerprint density at radius 2 is 2.12 bits per heavy atom. The number of carbonyl (C=O) groups is 2. The molecule has 4 rings (SSSR count). The molecule has 3 N–H and O–H groups in total. The van der Waals surface area contributed by atoms with Crippen LogP contribution >= 0.6 is 0 Å². The first-order chi connectivity index (χ1) is 11.5. The maximum Gasteiger partial charge on any atom is 0.249 e. The molecule has 0 radical (unpaired) electrons. The van der Waals surface area contributed by atoms with Gasteiger partial charge in [-0.25, -0.2) is 4.98 Å². The zero-order valence-corrected chi connectivity index (χ0v) is 13.4. The second kappa shape index (κ2) is 5.33. The van der Waals surface area contributed by atoms with E-state index in [0.717, 1.165) is 53.3 Å². The molecule has 0 saturated carbocycles. The van der Waals surface area contributed by atoms with E-state index in [1.165, 1.54) is 0 Å². The molecule has 2 aliphatic heterocycles. The molecule has 3 heterocycles. The number of aromatic nitrogens is 1. The van der Waals surface area contributed by atoms with E-state index in [0.29, 0.717) is 12.0 Å². The van der Waals surface area contributed by atoms with Crippen molar-refractivity contribution < 1.29 is 9.59 Å². The monoisotopic (exact) mass is 322 g/mol. The van der Waals surface area contributed by atoms with Gasteiger partial charge in [0.05, 0.1) is 0 Å². The van der Waals surface area contributed by atoms with Crippen molar-refractivity contribution in [3.63, 3.8) is 0 Å². The minimum absolute atomic E-state index is 0.0673. The average molecular weight is 322 g/mol. The number of amides is 2. The van der Waals surface area contributed by atoms with Gasteiger partial charge in [-0.05, 0) is 49.1 Å². The van der Waals surface area contributed by atoms with Crippen LogP contribution in [0.15, 0.2) is 24.4 Å². The van der Waals surface area contributed by atoms with Crippen molar-refractivity contribution in [3.05, 3.63) is 46.6 Å². The summed E-state index contributed by atoms with van der Waals surface area (Å²) >= 11 is 0. The molecular formula is C18H18N4O2. The minimum atomic E-state index is -0.417. The van der Waals surface area contributed by atoms with Gasteiger partial charge in [0.2, 0.25) is 11.8 Å². The molecule has 0 fully saturated rings. The van der Waals surface area contributed by atoms with E-state index in [1.54, 1.807) is 12.3 Å². The molecule has 0 atom stereocenters. The van der Waals surface area contributed by atoms with Crippen molar-refractivity contribution in [3.8, 4) is 0 Å². The Hall–Kier alpha value is -2.89. The van der Waals surface area contributed by atoms with Gasteiger partial charge < -0.3 is 16.0 Å². The molecule has 2 aliphatic rings. The van der Waals surface area contributed by atoms with Crippen LogP contribution < -0.4 is 16.0 Å². The predicted molar refractivity (Wildman–Crippen MR) is 91.6 cm³/mol. The van der Waals surface area contributed by atoms with Gasteiger partial charge >= 0.3 is 0 Å². The molecule has 24 heavy (non-hydrogen) atoms. The maximum absolute atomic E-state index is 11.6. The summed E-state index contributed by atoms with van der Waals surface area (Å²) in [5.74, 6) is 0.447. The minimum Gasteiger partial charge on any atom is -0.366 e. The number of primary amides is 1. The van der Waals surface area contributed by atoms with E-state index in [1.807, 2.05) is 6.92 Å². The molecule has 0 aliphatic carbocycles. The fraction of sp³-hybridized carbons (Fsp3) is 0.278. The third kappa shape index (κ3) is 2.22. The van der Waals surface area contributed by atoms with Crippen LogP contribution in [-0.4, -0.2) is 23.3 Å². The SMILES string of the molecule is Cc1cc(N2CCc3c(C(N)=O)ccnc32)cc2c1NC(=O)CC2. The topological polar surface area (TPSA) is 88.3 Å². The van der Waals surface area contributed by atoms with Crippen molar-refractivity contribution in [2.45, 2.75) is 26.2 Å². The van der Waals surface area contributed by atoms with Crippen LogP contribution in [0.3, 0.4) is 0 Å². The first-order valence-electron chi connectivity index (χ1n) is 8.03. The fourth-order valence-electron chi connectivity index (χ4n) is 3.59. The summed E-state index contributed by atoms with van der Waals surface area (Å²) < 4.78 is 0. The molecule has 1 aromatic carbocycles. The number of hydrogen-bond acceptors (Lipinski definition) is 4. The van der Waals surface area contributed by atoms with Crippen LogP contribution in [0.4, 0.5) is 17.2 Å². The number of pyridine rings is 1. The van der Waals surface area contributed by atoms with E-state index >= 15 is 0 Å². The molecule has 1 aromatic heterocycles. The summed E-state index contributed by atoms with van der Waals surface area (Å²) in [7, 11) is 0. The van der Waals surface area contributed by atoms with Crippen molar-refractivity contribution in [2.24, 2.45) is 5.73 Å². The number of nitrogens with two attached hydrogens (primary N) is 1. The predicted octanol–water partition coefficient (Wildman–Crippen LogP) is 2.07. The summed E-state index contributed by atoms with van der Waals surface area (Å²) in [5, 5.41) is 2.95. The first kappa shape index (κ1) is 14.7. The quantitative estimate of drug-likeness (QED) is 0.886. The number of aryl methyl sites for hydroxylation is 2. The number of carbonyl (C=O) groups excluding carboxylic acids is 2. The van der Waals surface area contributed by atoms with Gasteiger partial charge in [0.1, 0.15) is 5.82 Å². The third-order valence-corrected chi connectivity index (χ3v) is 4.74. The highest BCUT2D eigenvalue weighted by molar-refractivity contribution is 5.97. The number of anilines is 3. The molecular weight excluding hydrogens is 304 g/mol. The van der Waals surface area contributed by atoms with Gasteiger partial charge in [0.15, 0.2) is 0 Å². The van der Waals surface area contributed by atoms with E-state index in [-0.39, 0.29) is 5.91 Å². The van der Waals surface area contributed by atoms with Crippen LogP contribution in [0.2, 0.25) is 0 Å². The van der Waals surface area contributed by atoms with E-state index in [9.17, 15) is 9.59 Å². The molecule has 0 unspecified atom stereocenters. The van der Waals surface area contributed by atoms with Crippen molar-refractivity contribution >= 4 is 29.0 Å². The number of nitrogens with zero attached hydrogens (tertiary/aromatic N) is 2. The lowest BCUT2D eigenvalue weighted by molar-refractivity contribution is -0.116. The Morgan fingerprint density at radius 1 is 1.29 bits per heavy atom. The maximum atomic E-state index is 11.6. The highest BCUT2D eigenvalue weighted by Crippen LogP contribution is 2.38. The molecule has 0 spiro atoms. The Bertz CT molecular complexity index is 876. The van der Waals surface area contributed by atoms with Crippen LogP contribution in [-0.2, 0) is 17.6 Å². The third-order valence-electron chi connectivity index (χ3n) is 4.74. The van der Waals surface area contributed by atoms with E-state index in [2.05, 4.69) is 27.3 Å². The summed E-state index contributed by atoms with van der Waals surface area (Å²) in [6.07, 6.45) is 3.62. The normalized spacial score (nSPS) is 15.7. The molecule has 6 heteroatoms. The van der Waals surface area contributed by atoms with E-state index < -0.39 is 5.91 Å². The molecule has 122 valence electrons. The first-order valence-corrected chi connectivity index (χ1v) is 8.03. The van der Waals surface area contributed by atoms with E-state index in [4.69, 9.17) is 5.73 Å². The number of benzene rings is 1. The van der Waals surface area contributed by atoms with Crippen LogP contribution in [0, 0.1) is 6.92 Å². The lowest BCUT2D eigenvalue weighted by atomic mass is 9.98. The summed E-state index contributed by atoms with van der Waals surface area (Å²) in [6.45, 7) is 2.76. The van der Waals surface area contributed by atoms with Gasteiger partial charge in [0.25, 0.3) is 0 Å². The lowest BCUT2D eigenvalue weighted by Gasteiger charge is -2.24. The second-order valence-corrected chi connectivity index (χ2v) is 6.27. The van der Waals surface area contributed by atoms with Crippen LogP contribution in [0.5, 0.6) is 0 Å². The van der Waals surface area contributed by atoms with Crippen LogP contribution in [0.25, 0.3) is 0 Å². The average Bonchev–Trinajstić information content (AvgIpc) is 2.99. The second-order valence-electron chi connectivity index (χ2n) is 6.27. The Morgan fingerprint density at radius 3 is 2.92 bits per heavy atom. The Balaban J connectivity index is 1.78. The molecule has 0 saturated heterocycles. The number of rotatable bonds is 2. The highest BCUT2D eigenvalue weighted by atomic mass is 16.2.